The molecule has 0 radical (unpaired) electrons. The van der Waals surface area contributed by atoms with Crippen molar-refractivity contribution in [2.45, 2.75) is 38.6 Å². The quantitative estimate of drug-likeness (QED) is 0.774. The summed E-state index contributed by atoms with van der Waals surface area (Å²) in [6.07, 6.45) is 5.77. The van der Waals surface area contributed by atoms with Gasteiger partial charge in [0, 0.05) is 31.2 Å². The Labute approximate surface area is 128 Å². The van der Waals surface area contributed by atoms with Crippen molar-refractivity contribution in [3.05, 3.63) is 43.0 Å². The summed E-state index contributed by atoms with van der Waals surface area (Å²) in [6, 6.07) is 10.4. The first-order valence-electron chi connectivity index (χ1n) is 7.96. The lowest BCUT2D eigenvalue weighted by atomic mass is 10.1. The van der Waals surface area contributed by atoms with Crippen molar-refractivity contribution in [2.75, 3.05) is 24.5 Å². The molecule has 2 rings (SSSR count). The minimum atomic E-state index is 0.225. The molecule has 1 aromatic carbocycles. The first kappa shape index (κ1) is 15.8. The first-order chi connectivity index (χ1) is 10.3. The summed E-state index contributed by atoms with van der Waals surface area (Å²) >= 11 is 0. The minimum absolute atomic E-state index is 0.225. The van der Waals surface area contributed by atoms with E-state index in [9.17, 15) is 4.79 Å². The highest BCUT2D eigenvalue weighted by Crippen LogP contribution is 2.24. The lowest BCUT2D eigenvalue weighted by molar-refractivity contribution is -0.118. The maximum absolute atomic E-state index is 12.4. The van der Waals surface area contributed by atoms with Crippen LogP contribution in [0.4, 0.5) is 5.69 Å². The van der Waals surface area contributed by atoms with Crippen molar-refractivity contribution in [3.63, 3.8) is 0 Å². The number of amides is 1. The second-order valence-corrected chi connectivity index (χ2v) is 5.63. The third-order valence-corrected chi connectivity index (χ3v) is 4.15. The molecule has 3 heteroatoms. The monoisotopic (exact) mass is 286 g/mol. The van der Waals surface area contributed by atoms with Gasteiger partial charge in [0.05, 0.1) is 0 Å². The molecule has 1 amide bonds. The SMILES string of the molecule is C=CCN1CCC[C@@H](N(C(=O)CC)c2ccccc2)CC1. The summed E-state index contributed by atoms with van der Waals surface area (Å²) in [6.45, 7) is 8.85. The van der Waals surface area contributed by atoms with Gasteiger partial charge in [-0.15, -0.1) is 6.58 Å². The van der Waals surface area contributed by atoms with Gasteiger partial charge in [0.1, 0.15) is 0 Å². The van der Waals surface area contributed by atoms with Gasteiger partial charge >= 0.3 is 0 Å². The standard InChI is InChI=1S/C18H26N2O/c1-3-13-19-14-8-11-17(12-15-19)20(18(21)4-2)16-9-6-5-7-10-16/h3,5-7,9-10,17H,1,4,8,11-15H2,2H3/t17-/m1/s1. The van der Waals surface area contributed by atoms with Gasteiger partial charge in [0.15, 0.2) is 0 Å². The molecule has 1 saturated heterocycles. The zero-order valence-electron chi connectivity index (χ0n) is 13.0. The van der Waals surface area contributed by atoms with E-state index in [4.69, 9.17) is 0 Å². The normalized spacial score (nSPS) is 19.8. The Morgan fingerprint density at radius 2 is 2.10 bits per heavy atom. The fraction of sp³-hybridized carbons (Fsp3) is 0.500. The number of para-hydroxylation sites is 1. The molecule has 0 N–H and O–H groups in total. The fourth-order valence-corrected chi connectivity index (χ4v) is 3.08. The Balaban J connectivity index is 2.14. The number of nitrogens with zero attached hydrogens (tertiary/aromatic N) is 2. The van der Waals surface area contributed by atoms with Crippen molar-refractivity contribution in [1.82, 2.24) is 4.90 Å². The molecule has 21 heavy (non-hydrogen) atoms. The molecule has 1 atom stereocenters. The molecule has 0 spiro atoms. The van der Waals surface area contributed by atoms with Gasteiger partial charge in [-0.25, -0.2) is 0 Å². The topological polar surface area (TPSA) is 23.6 Å². The molecule has 0 saturated carbocycles. The van der Waals surface area contributed by atoms with Crippen molar-refractivity contribution >= 4 is 11.6 Å². The summed E-state index contributed by atoms with van der Waals surface area (Å²) in [7, 11) is 0. The van der Waals surface area contributed by atoms with E-state index in [0.717, 1.165) is 44.6 Å². The number of hydrogen-bond acceptors (Lipinski definition) is 2. The Morgan fingerprint density at radius 1 is 1.33 bits per heavy atom. The molecule has 3 nitrogen and oxygen atoms in total. The predicted molar refractivity (Wildman–Crippen MR) is 88.5 cm³/mol. The number of rotatable bonds is 5. The van der Waals surface area contributed by atoms with Gasteiger partial charge in [-0.2, -0.15) is 0 Å². The van der Waals surface area contributed by atoms with E-state index in [1.54, 1.807) is 0 Å². The van der Waals surface area contributed by atoms with E-state index < -0.39 is 0 Å². The van der Waals surface area contributed by atoms with Crippen molar-refractivity contribution in [1.29, 1.82) is 0 Å². The molecule has 114 valence electrons. The van der Waals surface area contributed by atoms with Crippen LogP contribution in [0.3, 0.4) is 0 Å². The first-order valence-corrected chi connectivity index (χ1v) is 7.96. The average Bonchev–Trinajstić information content (AvgIpc) is 2.75. The molecular formula is C18H26N2O. The van der Waals surface area contributed by atoms with E-state index in [-0.39, 0.29) is 5.91 Å². The van der Waals surface area contributed by atoms with Crippen LogP contribution in [0.15, 0.2) is 43.0 Å². The molecule has 0 aromatic heterocycles. The molecule has 1 aromatic rings. The van der Waals surface area contributed by atoms with Crippen molar-refractivity contribution < 1.29 is 4.79 Å². The highest BCUT2D eigenvalue weighted by molar-refractivity contribution is 5.93. The maximum atomic E-state index is 12.4. The van der Waals surface area contributed by atoms with E-state index in [1.165, 1.54) is 0 Å². The van der Waals surface area contributed by atoms with E-state index >= 15 is 0 Å². The number of benzene rings is 1. The summed E-state index contributed by atoms with van der Waals surface area (Å²) in [5.74, 6) is 0.225. The molecule has 0 bridgehead atoms. The Morgan fingerprint density at radius 3 is 2.76 bits per heavy atom. The summed E-state index contributed by atoms with van der Waals surface area (Å²) < 4.78 is 0. The molecule has 0 unspecified atom stereocenters. The minimum Gasteiger partial charge on any atom is -0.309 e. The third-order valence-electron chi connectivity index (χ3n) is 4.15. The van der Waals surface area contributed by atoms with E-state index in [0.29, 0.717) is 12.5 Å². The van der Waals surface area contributed by atoms with Crippen LogP contribution in [0, 0.1) is 0 Å². The average molecular weight is 286 g/mol. The highest BCUT2D eigenvalue weighted by atomic mass is 16.2. The molecule has 1 fully saturated rings. The van der Waals surface area contributed by atoms with Gasteiger partial charge in [-0.1, -0.05) is 31.2 Å². The van der Waals surface area contributed by atoms with Crippen LogP contribution in [0.5, 0.6) is 0 Å². The zero-order valence-corrected chi connectivity index (χ0v) is 13.0. The largest absolute Gasteiger partial charge is 0.309 e. The Hall–Kier alpha value is -1.61. The molecule has 1 heterocycles. The number of anilines is 1. The maximum Gasteiger partial charge on any atom is 0.226 e. The Kier molecular flexibility index (Phi) is 6.00. The summed E-state index contributed by atoms with van der Waals surface area (Å²) in [5.41, 5.74) is 1.03. The fourth-order valence-electron chi connectivity index (χ4n) is 3.08. The predicted octanol–water partition coefficient (Wildman–Crippen LogP) is 3.47. The van der Waals surface area contributed by atoms with Crippen LogP contribution in [0.2, 0.25) is 0 Å². The van der Waals surface area contributed by atoms with Gasteiger partial charge < -0.3 is 4.90 Å². The second-order valence-electron chi connectivity index (χ2n) is 5.63. The molecule has 1 aliphatic heterocycles. The summed E-state index contributed by atoms with van der Waals surface area (Å²) in [4.78, 5) is 16.9. The van der Waals surface area contributed by atoms with Crippen LogP contribution in [0.1, 0.15) is 32.6 Å². The van der Waals surface area contributed by atoms with Crippen molar-refractivity contribution in [3.8, 4) is 0 Å². The lowest BCUT2D eigenvalue weighted by Crippen LogP contribution is -2.40. The third kappa shape index (κ3) is 4.18. The lowest BCUT2D eigenvalue weighted by Gasteiger charge is -2.31. The van der Waals surface area contributed by atoms with E-state index in [2.05, 4.69) is 11.5 Å². The number of likely N-dealkylation sites (tertiary alicyclic amines) is 1. The van der Waals surface area contributed by atoms with Gasteiger partial charge in [0.2, 0.25) is 5.91 Å². The van der Waals surface area contributed by atoms with Crippen LogP contribution >= 0.6 is 0 Å². The highest BCUT2D eigenvalue weighted by Gasteiger charge is 2.26. The van der Waals surface area contributed by atoms with Gasteiger partial charge in [0.25, 0.3) is 0 Å². The van der Waals surface area contributed by atoms with Crippen LogP contribution in [-0.4, -0.2) is 36.5 Å². The second kappa shape index (κ2) is 7.99. The zero-order chi connectivity index (χ0) is 15.1. The van der Waals surface area contributed by atoms with Crippen LogP contribution in [0.25, 0.3) is 0 Å². The Bertz CT molecular complexity index is 458. The number of carbonyl (C=O) groups excluding carboxylic acids is 1. The molecule has 0 aliphatic carbocycles. The van der Waals surface area contributed by atoms with Crippen LogP contribution < -0.4 is 4.90 Å². The summed E-state index contributed by atoms with van der Waals surface area (Å²) in [5, 5.41) is 0. The number of hydrogen-bond donors (Lipinski definition) is 0. The van der Waals surface area contributed by atoms with Crippen molar-refractivity contribution in [2.24, 2.45) is 0 Å². The smallest absolute Gasteiger partial charge is 0.226 e. The van der Waals surface area contributed by atoms with Gasteiger partial charge in [-0.3, -0.25) is 9.69 Å². The molecular weight excluding hydrogens is 260 g/mol. The number of carbonyl (C=O) groups is 1. The van der Waals surface area contributed by atoms with Crippen LogP contribution in [-0.2, 0) is 4.79 Å². The van der Waals surface area contributed by atoms with Gasteiger partial charge in [-0.05, 0) is 37.9 Å². The van der Waals surface area contributed by atoms with E-state index in [1.807, 2.05) is 48.2 Å². The molecule has 1 aliphatic rings.